The minimum absolute atomic E-state index is 0.0822. The highest BCUT2D eigenvalue weighted by Crippen LogP contribution is 2.50. The summed E-state index contributed by atoms with van der Waals surface area (Å²) in [7, 11) is -4.39. The van der Waals surface area contributed by atoms with Crippen molar-refractivity contribution in [1.29, 1.82) is 0 Å². The van der Waals surface area contributed by atoms with E-state index in [0.717, 1.165) is 85.6 Å². The molecule has 2 saturated carbocycles. The maximum Gasteiger partial charge on any atom is 0.293 e. The van der Waals surface area contributed by atoms with Crippen LogP contribution in [0.2, 0.25) is 0 Å². The van der Waals surface area contributed by atoms with Crippen LogP contribution in [-0.2, 0) is 25.1 Å². The van der Waals surface area contributed by atoms with Crippen molar-refractivity contribution in [3.63, 3.8) is 0 Å². The number of amides is 2. The van der Waals surface area contributed by atoms with Gasteiger partial charge in [0.05, 0.1) is 15.2 Å². The van der Waals surface area contributed by atoms with Gasteiger partial charge in [0, 0.05) is 80.5 Å². The number of para-hydroxylation sites is 1. The van der Waals surface area contributed by atoms with Crippen LogP contribution in [0.25, 0.3) is 0 Å². The van der Waals surface area contributed by atoms with E-state index in [-0.39, 0.29) is 33.3 Å². The molecule has 3 aliphatic carbocycles. The van der Waals surface area contributed by atoms with Gasteiger partial charge in [-0.2, -0.15) is 0 Å². The molecule has 2 amide bonds. The smallest absolute Gasteiger partial charge is 0.293 e. The Hall–Kier alpha value is -4.79. The van der Waals surface area contributed by atoms with Crippen molar-refractivity contribution in [2.45, 2.75) is 75.3 Å². The van der Waals surface area contributed by atoms with Crippen LogP contribution >= 0.6 is 0 Å². The van der Waals surface area contributed by atoms with E-state index in [1.165, 1.54) is 12.1 Å². The number of piperazine rings is 1. The molecular formula is C43H52N6O7S. The quantitative estimate of drug-likeness (QED) is 0.108. The molecule has 0 spiro atoms. The van der Waals surface area contributed by atoms with Crippen molar-refractivity contribution < 1.29 is 27.7 Å². The highest BCUT2D eigenvalue weighted by molar-refractivity contribution is 7.89. The molecule has 2 saturated heterocycles. The van der Waals surface area contributed by atoms with E-state index in [4.69, 9.17) is 4.74 Å². The number of fused-ring (bicyclic) bond motifs is 2. The Labute approximate surface area is 334 Å². The highest BCUT2D eigenvalue weighted by atomic mass is 32.2. The summed E-state index contributed by atoms with van der Waals surface area (Å²) in [6.45, 7) is 9.23. The van der Waals surface area contributed by atoms with Crippen molar-refractivity contribution >= 4 is 44.6 Å². The second-order valence-corrected chi connectivity index (χ2v) is 18.6. The van der Waals surface area contributed by atoms with E-state index in [2.05, 4.69) is 52.5 Å². The highest BCUT2D eigenvalue weighted by Gasteiger charge is 2.47. The molecule has 13 nitrogen and oxygen atoms in total. The van der Waals surface area contributed by atoms with Crippen molar-refractivity contribution in [1.82, 2.24) is 9.21 Å². The van der Waals surface area contributed by atoms with Gasteiger partial charge in [-0.1, -0.05) is 30.4 Å². The third-order valence-electron chi connectivity index (χ3n) is 12.8. The number of carbonyl (C=O) groups excluding carboxylic acids is 2. The van der Waals surface area contributed by atoms with Gasteiger partial charge >= 0.3 is 0 Å². The Kier molecular flexibility index (Phi) is 10.6. The van der Waals surface area contributed by atoms with Gasteiger partial charge in [-0.25, -0.2) is 12.7 Å². The van der Waals surface area contributed by atoms with Crippen LogP contribution < -0.4 is 15.5 Å². The first kappa shape index (κ1) is 39.1. The molecule has 0 radical (unpaired) electrons. The molecule has 8 rings (SSSR count). The summed E-state index contributed by atoms with van der Waals surface area (Å²) in [6, 6.07) is 18.4. The minimum atomic E-state index is -4.39. The van der Waals surface area contributed by atoms with Crippen molar-refractivity contribution in [2.24, 2.45) is 17.3 Å². The molecule has 2 atom stereocenters. The summed E-state index contributed by atoms with van der Waals surface area (Å²) < 4.78 is 34.4. The third-order valence-corrected chi connectivity index (χ3v) is 14.7. The van der Waals surface area contributed by atoms with E-state index in [9.17, 15) is 28.1 Å². The molecule has 57 heavy (non-hydrogen) atoms. The van der Waals surface area contributed by atoms with Gasteiger partial charge in [-0.05, 0) is 119 Å². The molecular weight excluding hydrogens is 745 g/mol. The fraction of sp³-hybridized carbons (Fsp3) is 0.488. The number of hydrogen-bond acceptors (Lipinski definition) is 10. The van der Waals surface area contributed by atoms with E-state index in [0.29, 0.717) is 44.4 Å². The Morgan fingerprint density at radius 3 is 2.30 bits per heavy atom. The molecule has 2 heterocycles. The number of rotatable bonds is 13. The van der Waals surface area contributed by atoms with Crippen molar-refractivity contribution in [3.05, 3.63) is 100 Å². The molecule has 0 aromatic heterocycles. The molecule has 302 valence electrons. The van der Waals surface area contributed by atoms with Gasteiger partial charge in [-0.15, -0.1) is 0 Å². The molecule has 14 heteroatoms. The summed E-state index contributed by atoms with van der Waals surface area (Å²) >= 11 is 0. The Balaban J connectivity index is 0.920. The molecule has 2 N–H and O–H groups in total. The summed E-state index contributed by atoms with van der Waals surface area (Å²) in [5.41, 5.74) is 2.23. The Bertz CT molecular complexity index is 2160. The lowest BCUT2D eigenvalue weighted by molar-refractivity contribution is -0.384. The number of carbonyl (C=O) groups is 2. The van der Waals surface area contributed by atoms with Crippen molar-refractivity contribution in [3.8, 4) is 0 Å². The summed E-state index contributed by atoms with van der Waals surface area (Å²) in [4.78, 5) is 43.4. The number of anilines is 3. The number of sulfonamides is 1. The number of hydrogen-bond donors (Lipinski definition) is 2. The Morgan fingerprint density at radius 2 is 1.67 bits per heavy atom. The average molecular weight is 797 g/mol. The maximum absolute atomic E-state index is 14.0. The van der Waals surface area contributed by atoms with Crippen LogP contribution in [0.4, 0.5) is 22.7 Å². The van der Waals surface area contributed by atoms with E-state index < -0.39 is 32.3 Å². The zero-order chi connectivity index (χ0) is 40.0. The maximum atomic E-state index is 14.0. The van der Waals surface area contributed by atoms with Crippen LogP contribution in [0.5, 0.6) is 0 Å². The molecule has 4 fully saturated rings. The summed E-state index contributed by atoms with van der Waals surface area (Å²) in [5, 5.41) is 18.5. The lowest BCUT2D eigenvalue weighted by atomic mass is 9.85. The van der Waals surface area contributed by atoms with Gasteiger partial charge < -0.3 is 20.3 Å². The third kappa shape index (κ3) is 7.79. The average Bonchev–Trinajstić information content (AvgIpc) is 3.82. The van der Waals surface area contributed by atoms with Crippen LogP contribution in [0.3, 0.4) is 0 Å². The molecule has 3 aromatic carbocycles. The number of nitrogens with zero attached hydrogens (tertiary/aromatic N) is 4. The number of benzene rings is 3. The van der Waals surface area contributed by atoms with Crippen molar-refractivity contribution in [2.75, 3.05) is 61.5 Å². The predicted molar refractivity (Wildman–Crippen MR) is 219 cm³/mol. The Morgan fingerprint density at radius 1 is 0.947 bits per heavy atom. The molecule has 2 unspecified atom stereocenters. The van der Waals surface area contributed by atoms with Crippen LogP contribution in [-0.4, -0.2) is 86.3 Å². The number of allylic oxidation sites excluding steroid dienone is 1. The molecule has 5 aliphatic rings. The fourth-order valence-corrected chi connectivity index (χ4v) is 10.8. The lowest BCUT2D eigenvalue weighted by Gasteiger charge is -2.45. The summed E-state index contributed by atoms with van der Waals surface area (Å²) in [5.74, 6) is 0.249. The van der Waals surface area contributed by atoms with Gasteiger partial charge in [0.25, 0.3) is 21.6 Å². The monoisotopic (exact) mass is 796 g/mol. The zero-order valence-corrected chi connectivity index (χ0v) is 33.5. The summed E-state index contributed by atoms with van der Waals surface area (Å²) in [6.07, 6.45) is 9.94. The van der Waals surface area contributed by atoms with Crippen LogP contribution in [0.1, 0.15) is 74.7 Å². The fourth-order valence-electron chi connectivity index (χ4n) is 9.11. The minimum Gasteiger partial charge on any atom is -0.381 e. The number of nitro groups is 1. The second kappa shape index (κ2) is 15.5. The number of nitrogens with one attached hydrogen (secondary N) is 2. The first-order valence-corrected chi connectivity index (χ1v) is 21.7. The van der Waals surface area contributed by atoms with Gasteiger partial charge in [0.1, 0.15) is 5.69 Å². The normalized spacial score (nSPS) is 22.7. The van der Waals surface area contributed by atoms with Crippen LogP contribution in [0, 0.1) is 27.4 Å². The lowest BCUT2D eigenvalue weighted by Crippen LogP contribution is -2.53. The van der Waals surface area contributed by atoms with E-state index in [1.807, 2.05) is 30.3 Å². The van der Waals surface area contributed by atoms with E-state index >= 15 is 0 Å². The molecule has 2 aliphatic heterocycles. The first-order chi connectivity index (χ1) is 27.4. The van der Waals surface area contributed by atoms with Gasteiger partial charge in [0.15, 0.2) is 0 Å². The zero-order valence-electron chi connectivity index (χ0n) is 32.7. The van der Waals surface area contributed by atoms with Gasteiger partial charge in [-0.3, -0.25) is 24.6 Å². The number of ether oxygens (including phenoxy) is 1. The number of nitro benzene ring substituents is 1. The molecule has 3 aromatic rings. The predicted octanol–water partition coefficient (Wildman–Crippen LogP) is 6.78. The largest absolute Gasteiger partial charge is 0.381 e. The second-order valence-electron chi connectivity index (χ2n) is 16.8. The van der Waals surface area contributed by atoms with Gasteiger partial charge in [0.2, 0.25) is 5.91 Å². The SMILES string of the molecule is CC(C)(c1ccccc1NC(=O)C12C=CC(CC1)C2)N1CCN(c2ccc(C(=O)N(C3CC3)S(=O)(=O)c3ccc(NCC4CCOCC4)c([N+](=O)[O-])c3)cc2)CC1. The van der Waals surface area contributed by atoms with E-state index in [1.54, 1.807) is 12.1 Å². The topological polar surface area (TPSA) is 154 Å². The van der Waals surface area contributed by atoms with Crippen LogP contribution in [0.15, 0.2) is 83.8 Å². The standard InChI is InChI=1S/C43H52N6O7S/c1-42(2,36-5-3-4-6-37(36)45-41(51)43-19-15-30(28-43)16-20-43)47-23-21-46(22-24-47)33-9-7-32(8-10-33)40(50)48(34-11-12-34)57(54,55)35-13-14-38(39(27-35)49(52)53)44-29-31-17-25-56-26-18-31/h3-10,13-15,19,27,30-31,34,44H,11-12,16-18,20-26,28-29H2,1-2H3,(H,45,51). The molecule has 2 bridgehead atoms. The first-order valence-electron chi connectivity index (χ1n) is 20.2.